The minimum absolute atomic E-state index is 0.0178. The van der Waals surface area contributed by atoms with E-state index in [-0.39, 0.29) is 41.7 Å². The van der Waals surface area contributed by atoms with Gasteiger partial charge in [-0.1, -0.05) is 37.6 Å². The third kappa shape index (κ3) is 6.01. The maximum Gasteiger partial charge on any atom is 0.416 e. The van der Waals surface area contributed by atoms with E-state index in [4.69, 9.17) is 11.6 Å². The lowest BCUT2D eigenvalue weighted by Gasteiger charge is -2.23. The van der Waals surface area contributed by atoms with Gasteiger partial charge in [0.1, 0.15) is 0 Å². The Morgan fingerprint density at radius 1 is 1.26 bits per heavy atom. The summed E-state index contributed by atoms with van der Waals surface area (Å²) in [6.45, 7) is 4.70. The summed E-state index contributed by atoms with van der Waals surface area (Å²) in [5, 5.41) is 19.0. The highest BCUT2D eigenvalue weighted by molar-refractivity contribution is 8.18. The molecule has 0 saturated carbocycles. The fourth-order valence-corrected chi connectivity index (χ4v) is 6.19. The van der Waals surface area contributed by atoms with E-state index >= 15 is 0 Å². The highest BCUT2D eigenvalue weighted by atomic mass is 35.5. The quantitative estimate of drug-likeness (QED) is 0.394. The second-order valence-corrected chi connectivity index (χ2v) is 11.4. The Balaban J connectivity index is 1.34. The minimum Gasteiger partial charge on any atom is -0.394 e. The van der Waals surface area contributed by atoms with Crippen molar-refractivity contribution in [3.05, 3.63) is 69.2 Å². The molecule has 2 aromatic carbocycles. The number of carbonyl (C=O) groups is 1. The Bertz CT molecular complexity index is 1470. The van der Waals surface area contributed by atoms with Crippen LogP contribution in [0.15, 0.2) is 52.5 Å². The molecule has 5 rings (SSSR count). The molecule has 0 unspecified atom stereocenters. The Labute approximate surface area is 232 Å². The van der Waals surface area contributed by atoms with E-state index in [2.05, 4.69) is 29.3 Å². The van der Waals surface area contributed by atoms with E-state index in [0.29, 0.717) is 28.2 Å². The number of amidine groups is 1. The van der Waals surface area contributed by atoms with Crippen LogP contribution in [0.3, 0.4) is 0 Å². The molecule has 7 nitrogen and oxygen atoms in total. The first kappa shape index (κ1) is 27.7. The van der Waals surface area contributed by atoms with E-state index in [9.17, 15) is 23.1 Å². The van der Waals surface area contributed by atoms with E-state index in [0.717, 1.165) is 23.4 Å². The number of rotatable bonds is 6. The van der Waals surface area contributed by atoms with Gasteiger partial charge in [0.2, 0.25) is 0 Å². The number of hydrogen-bond acceptors (Lipinski definition) is 6. The third-order valence-electron chi connectivity index (χ3n) is 6.71. The maximum atomic E-state index is 13.5. The van der Waals surface area contributed by atoms with Crippen molar-refractivity contribution in [2.24, 2.45) is 4.99 Å². The molecule has 2 N–H and O–H groups in total. The zero-order valence-electron chi connectivity index (χ0n) is 21.2. The van der Waals surface area contributed by atoms with Crippen LogP contribution < -0.4 is 5.32 Å². The van der Waals surface area contributed by atoms with Crippen LogP contribution in [0.2, 0.25) is 5.02 Å². The van der Waals surface area contributed by atoms with Gasteiger partial charge in [0.25, 0.3) is 5.91 Å². The molecule has 1 amide bonds. The Hall–Kier alpha value is -2.86. The lowest BCUT2D eigenvalue weighted by molar-refractivity contribution is -0.138. The summed E-state index contributed by atoms with van der Waals surface area (Å²) in [5.74, 6) is -0.342. The number of thioether (sulfide) groups is 1. The first-order valence-corrected chi connectivity index (χ1v) is 13.7. The molecule has 0 aliphatic carbocycles. The molecule has 1 saturated heterocycles. The van der Waals surface area contributed by atoms with Gasteiger partial charge in [0.15, 0.2) is 5.17 Å². The molecule has 2 aliphatic heterocycles. The van der Waals surface area contributed by atoms with Crippen molar-refractivity contribution >= 4 is 51.4 Å². The van der Waals surface area contributed by atoms with Crippen molar-refractivity contribution in [2.75, 3.05) is 13.2 Å². The monoisotopic (exact) mass is 577 g/mol. The smallest absolute Gasteiger partial charge is 0.394 e. The summed E-state index contributed by atoms with van der Waals surface area (Å²) in [6.07, 6.45) is -0.436. The van der Waals surface area contributed by atoms with Gasteiger partial charge in [-0.3, -0.25) is 9.48 Å². The number of amides is 1. The van der Waals surface area contributed by atoms with Crippen LogP contribution in [0.4, 0.5) is 13.2 Å². The molecule has 0 radical (unpaired) electrons. The molecular formula is C27H27ClF3N5O2S. The standard InChI is InChI=1S/C27H27ClF3N5O2S/c1-15(2)33-20-10-21(14-37)35(13-20)26-34-25(38)24(39-26)8-16-3-6-23-18(7-16)11-32-36(23)12-17-4-5-19(28)9-22(17)27(29,30)31/h3-9,11,15,20-21,33,37H,10,12-14H2,1-2H3/b24-8-/t20-,21-/m1/s1. The predicted octanol–water partition coefficient (Wildman–Crippen LogP) is 5.16. The topological polar surface area (TPSA) is 82.8 Å². The van der Waals surface area contributed by atoms with Gasteiger partial charge in [0, 0.05) is 29.0 Å². The average Bonchev–Trinajstić information content (AvgIpc) is 3.56. The normalized spacial score (nSPS) is 21.1. The second-order valence-electron chi connectivity index (χ2n) is 9.97. The van der Waals surface area contributed by atoms with Crippen LogP contribution in [-0.4, -0.2) is 62.1 Å². The Morgan fingerprint density at radius 3 is 2.77 bits per heavy atom. The number of fused-ring (bicyclic) bond motifs is 1. The first-order chi connectivity index (χ1) is 18.5. The number of aromatic nitrogens is 2. The molecular weight excluding hydrogens is 551 g/mol. The highest BCUT2D eigenvalue weighted by Crippen LogP contribution is 2.36. The fraction of sp³-hybridized carbons (Fsp3) is 0.370. The lowest BCUT2D eigenvalue weighted by atomic mass is 10.1. The van der Waals surface area contributed by atoms with Crippen LogP contribution in [0.1, 0.15) is 37.0 Å². The van der Waals surface area contributed by atoms with E-state index in [1.54, 1.807) is 24.4 Å². The molecule has 0 spiro atoms. The van der Waals surface area contributed by atoms with Gasteiger partial charge >= 0.3 is 6.18 Å². The van der Waals surface area contributed by atoms with Crippen LogP contribution in [0, 0.1) is 0 Å². The molecule has 39 heavy (non-hydrogen) atoms. The number of aliphatic imine (C=N–C) groups is 1. The number of benzene rings is 2. The molecule has 206 valence electrons. The van der Waals surface area contributed by atoms with E-state index in [1.165, 1.54) is 28.6 Å². The van der Waals surface area contributed by atoms with Crippen LogP contribution >= 0.6 is 23.4 Å². The number of hydrogen-bond donors (Lipinski definition) is 2. The van der Waals surface area contributed by atoms with E-state index < -0.39 is 11.7 Å². The van der Waals surface area contributed by atoms with Crippen molar-refractivity contribution in [1.29, 1.82) is 0 Å². The molecule has 1 fully saturated rings. The Kier molecular flexibility index (Phi) is 7.78. The fourth-order valence-electron chi connectivity index (χ4n) is 5.02. The second kappa shape index (κ2) is 11.0. The van der Waals surface area contributed by atoms with Gasteiger partial charge in [-0.15, -0.1) is 0 Å². The van der Waals surface area contributed by atoms with Gasteiger partial charge in [-0.25, -0.2) is 0 Å². The van der Waals surface area contributed by atoms with Crippen molar-refractivity contribution in [1.82, 2.24) is 20.0 Å². The maximum absolute atomic E-state index is 13.5. The summed E-state index contributed by atoms with van der Waals surface area (Å²) in [5.41, 5.74) is 0.681. The molecule has 2 atom stereocenters. The van der Waals surface area contributed by atoms with Crippen LogP contribution in [0.5, 0.6) is 0 Å². The number of carbonyl (C=O) groups excluding carboxylic acids is 1. The third-order valence-corrected chi connectivity index (χ3v) is 7.97. The minimum atomic E-state index is -4.53. The van der Waals surface area contributed by atoms with Gasteiger partial charge < -0.3 is 15.3 Å². The summed E-state index contributed by atoms with van der Waals surface area (Å²) >= 11 is 7.08. The van der Waals surface area contributed by atoms with Crippen LogP contribution in [-0.2, 0) is 17.5 Å². The largest absolute Gasteiger partial charge is 0.416 e. The number of alkyl halides is 3. The van der Waals surface area contributed by atoms with Crippen LogP contribution in [0.25, 0.3) is 17.0 Å². The molecule has 12 heteroatoms. The van der Waals surface area contributed by atoms with Crippen molar-refractivity contribution in [3.8, 4) is 0 Å². The molecule has 2 aliphatic rings. The average molecular weight is 578 g/mol. The first-order valence-electron chi connectivity index (χ1n) is 12.5. The number of nitrogens with one attached hydrogen (secondary N) is 1. The van der Waals surface area contributed by atoms with Crippen molar-refractivity contribution in [2.45, 2.75) is 51.1 Å². The van der Waals surface area contributed by atoms with Crippen molar-refractivity contribution in [3.63, 3.8) is 0 Å². The van der Waals surface area contributed by atoms with Gasteiger partial charge in [-0.05, 0) is 59.7 Å². The number of aliphatic hydroxyl groups excluding tert-OH is 1. The van der Waals surface area contributed by atoms with Gasteiger partial charge in [0.05, 0.1) is 41.4 Å². The summed E-state index contributed by atoms with van der Waals surface area (Å²) < 4.78 is 42.1. The summed E-state index contributed by atoms with van der Waals surface area (Å²) in [6, 6.07) is 9.51. The number of aliphatic hydroxyl groups is 1. The molecule has 1 aromatic heterocycles. The predicted molar refractivity (Wildman–Crippen MR) is 148 cm³/mol. The van der Waals surface area contributed by atoms with Crippen molar-refractivity contribution < 1.29 is 23.1 Å². The summed E-state index contributed by atoms with van der Waals surface area (Å²) in [4.78, 5) is 19.4. The summed E-state index contributed by atoms with van der Waals surface area (Å²) in [7, 11) is 0. The number of halogens is 4. The van der Waals surface area contributed by atoms with Gasteiger partial charge in [-0.2, -0.15) is 23.3 Å². The lowest BCUT2D eigenvalue weighted by Crippen LogP contribution is -2.38. The molecule has 3 heterocycles. The number of likely N-dealkylation sites (tertiary alicyclic amines) is 1. The highest BCUT2D eigenvalue weighted by Gasteiger charge is 2.37. The Morgan fingerprint density at radius 2 is 2.05 bits per heavy atom. The number of nitrogens with zero attached hydrogens (tertiary/aromatic N) is 4. The van der Waals surface area contributed by atoms with E-state index in [1.807, 2.05) is 11.0 Å². The SMILES string of the molecule is CC(C)N[C@@H]1C[C@H](CO)N(C2=NC(=O)/C(=C/c3ccc4c(cnn4Cc4ccc(Cl)cc4C(F)(F)F)c3)S2)C1. The molecule has 3 aromatic rings. The zero-order chi connectivity index (χ0) is 27.9. The zero-order valence-corrected chi connectivity index (χ0v) is 22.8. The molecule has 0 bridgehead atoms.